The predicted octanol–water partition coefficient (Wildman–Crippen LogP) is 1.67. The van der Waals surface area contributed by atoms with Crippen LogP contribution in [-0.4, -0.2) is 20.6 Å². The molecule has 0 aromatic rings. The molecule has 0 aromatic heterocycles. The van der Waals surface area contributed by atoms with Gasteiger partial charge in [-0.1, -0.05) is 6.92 Å². The number of hydrogen-bond donors (Lipinski definition) is 0. The largest absolute Gasteiger partial charge is 0.410 e. The van der Waals surface area contributed by atoms with Crippen molar-refractivity contribution in [3.8, 4) is 0 Å². The molecule has 0 rings (SSSR count). The first kappa shape index (κ1) is 10.8. The van der Waals surface area contributed by atoms with Gasteiger partial charge in [0.25, 0.3) is 0 Å². The summed E-state index contributed by atoms with van der Waals surface area (Å²) in [5.41, 5.74) is 0. The fraction of sp³-hybridized carbons (Fsp3) is 0.875. The summed E-state index contributed by atoms with van der Waals surface area (Å²) in [6, 6.07) is 0. The van der Waals surface area contributed by atoms with Gasteiger partial charge in [0.15, 0.2) is 0 Å². The molecule has 0 aliphatic carbocycles. The van der Waals surface area contributed by atoms with Crippen LogP contribution in [0.25, 0.3) is 0 Å². The maximum atomic E-state index is 11.2. The van der Waals surface area contributed by atoms with E-state index in [1.807, 2.05) is 27.3 Å². The normalized spacial score (nSPS) is 13.5. The van der Waals surface area contributed by atoms with Gasteiger partial charge in [0, 0.05) is 12.5 Å². The Morgan fingerprint density at radius 3 is 2.45 bits per heavy atom. The van der Waals surface area contributed by atoms with Crippen LogP contribution in [0.3, 0.4) is 0 Å². The van der Waals surface area contributed by atoms with E-state index in [0.717, 1.165) is 6.42 Å². The zero-order chi connectivity index (χ0) is 8.85. The van der Waals surface area contributed by atoms with Gasteiger partial charge in [-0.05, 0) is 26.8 Å². The van der Waals surface area contributed by atoms with Crippen LogP contribution in [0, 0.1) is 0 Å². The smallest absolute Gasteiger partial charge is 0.246 e. The SMILES string of the molecule is CCCC(=O)[SiH](C)OC(C)C. The summed E-state index contributed by atoms with van der Waals surface area (Å²) in [6.07, 6.45) is 1.84. The number of carbonyl (C=O) groups excluding carboxylic acids is 1. The van der Waals surface area contributed by atoms with Crippen molar-refractivity contribution in [3.63, 3.8) is 0 Å². The first-order chi connectivity index (χ1) is 5.07. The predicted molar refractivity (Wildman–Crippen MR) is 49.1 cm³/mol. The van der Waals surface area contributed by atoms with Crippen LogP contribution in [0.2, 0.25) is 6.55 Å². The van der Waals surface area contributed by atoms with Gasteiger partial charge in [-0.15, -0.1) is 0 Å². The van der Waals surface area contributed by atoms with Gasteiger partial charge in [-0.25, -0.2) is 0 Å². The zero-order valence-electron chi connectivity index (χ0n) is 7.89. The highest BCUT2D eigenvalue weighted by Gasteiger charge is 2.15. The third-order valence-electron chi connectivity index (χ3n) is 1.43. The van der Waals surface area contributed by atoms with E-state index in [2.05, 4.69) is 0 Å². The molecule has 66 valence electrons. The van der Waals surface area contributed by atoms with Gasteiger partial charge in [-0.2, -0.15) is 0 Å². The van der Waals surface area contributed by atoms with Crippen LogP contribution in [0.4, 0.5) is 0 Å². The van der Waals surface area contributed by atoms with Crippen LogP contribution in [0.5, 0.6) is 0 Å². The average Bonchev–Trinajstić information content (AvgIpc) is 1.86. The summed E-state index contributed by atoms with van der Waals surface area (Å²) in [7, 11) is -1.51. The van der Waals surface area contributed by atoms with E-state index in [-0.39, 0.29) is 6.10 Å². The standard InChI is InChI=1S/C8H18O2Si/c1-5-6-8(9)11(4)10-7(2)3/h7,11H,5-6H2,1-4H3. The van der Waals surface area contributed by atoms with E-state index in [1.165, 1.54) is 0 Å². The van der Waals surface area contributed by atoms with Crippen molar-refractivity contribution in [1.82, 2.24) is 0 Å². The van der Waals surface area contributed by atoms with Gasteiger partial charge in [0.05, 0.1) is 0 Å². The Kier molecular flexibility index (Phi) is 5.41. The molecule has 0 spiro atoms. The van der Waals surface area contributed by atoms with Crippen molar-refractivity contribution in [2.45, 2.75) is 46.3 Å². The van der Waals surface area contributed by atoms with Crippen molar-refractivity contribution >= 4 is 14.4 Å². The summed E-state index contributed by atoms with van der Waals surface area (Å²) in [6.45, 7) is 7.93. The van der Waals surface area contributed by atoms with E-state index in [9.17, 15) is 4.79 Å². The molecule has 0 fully saturated rings. The van der Waals surface area contributed by atoms with Crippen molar-refractivity contribution in [3.05, 3.63) is 0 Å². The monoisotopic (exact) mass is 174 g/mol. The summed E-state index contributed by atoms with van der Waals surface area (Å²) in [4.78, 5) is 11.2. The van der Waals surface area contributed by atoms with Gasteiger partial charge >= 0.3 is 0 Å². The summed E-state index contributed by atoms with van der Waals surface area (Å²) >= 11 is 0. The third-order valence-corrected chi connectivity index (χ3v) is 3.57. The topological polar surface area (TPSA) is 26.3 Å². The van der Waals surface area contributed by atoms with E-state index in [4.69, 9.17) is 4.43 Å². The van der Waals surface area contributed by atoms with Crippen molar-refractivity contribution in [1.29, 1.82) is 0 Å². The molecule has 0 aliphatic heterocycles. The van der Waals surface area contributed by atoms with E-state index < -0.39 is 9.04 Å². The first-order valence-corrected chi connectivity index (χ1v) is 6.46. The van der Waals surface area contributed by atoms with Crippen molar-refractivity contribution in [2.75, 3.05) is 0 Å². The van der Waals surface area contributed by atoms with Gasteiger partial charge in [0.2, 0.25) is 9.04 Å². The molecule has 2 nitrogen and oxygen atoms in total. The fourth-order valence-corrected chi connectivity index (χ4v) is 2.60. The van der Waals surface area contributed by atoms with Crippen LogP contribution < -0.4 is 0 Å². The quantitative estimate of drug-likeness (QED) is 0.593. The van der Waals surface area contributed by atoms with Gasteiger partial charge in [-0.3, -0.25) is 0 Å². The molecule has 3 heteroatoms. The third kappa shape index (κ3) is 5.15. The highest BCUT2D eigenvalue weighted by molar-refractivity contribution is 6.84. The maximum absolute atomic E-state index is 11.2. The summed E-state index contributed by atoms with van der Waals surface area (Å²) in [5, 5.41) is 0.348. The minimum Gasteiger partial charge on any atom is -0.410 e. The Morgan fingerprint density at radius 1 is 1.55 bits per heavy atom. The van der Waals surface area contributed by atoms with Crippen molar-refractivity contribution < 1.29 is 9.22 Å². The Balaban J connectivity index is 3.64. The second-order valence-electron chi connectivity index (χ2n) is 3.04. The molecule has 0 aromatic carbocycles. The molecule has 11 heavy (non-hydrogen) atoms. The minimum absolute atomic E-state index is 0.206. The van der Waals surface area contributed by atoms with Crippen molar-refractivity contribution in [2.24, 2.45) is 0 Å². The second-order valence-corrected chi connectivity index (χ2v) is 5.24. The number of hydrogen-bond acceptors (Lipinski definition) is 2. The molecule has 0 radical (unpaired) electrons. The zero-order valence-corrected chi connectivity index (χ0v) is 9.04. The molecule has 0 saturated carbocycles. The summed E-state index contributed by atoms with van der Waals surface area (Å²) in [5.74, 6) is 0. The molecule has 0 heterocycles. The maximum Gasteiger partial charge on any atom is 0.246 e. The van der Waals surface area contributed by atoms with Gasteiger partial charge < -0.3 is 9.22 Å². The molecule has 0 bridgehead atoms. The molecule has 1 atom stereocenters. The molecule has 0 amide bonds. The highest BCUT2D eigenvalue weighted by atomic mass is 28.3. The second kappa shape index (κ2) is 5.49. The van der Waals surface area contributed by atoms with Crippen LogP contribution in [-0.2, 0) is 9.22 Å². The lowest BCUT2D eigenvalue weighted by molar-refractivity contribution is -0.113. The molecule has 0 aliphatic rings. The molecule has 0 N–H and O–H groups in total. The lowest BCUT2D eigenvalue weighted by atomic mass is 10.4. The van der Waals surface area contributed by atoms with Crippen LogP contribution >= 0.6 is 0 Å². The van der Waals surface area contributed by atoms with Crippen LogP contribution in [0.1, 0.15) is 33.6 Å². The average molecular weight is 174 g/mol. The van der Waals surface area contributed by atoms with Crippen LogP contribution in [0.15, 0.2) is 0 Å². The molecular formula is C8H18O2Si. The molecular weight excluding hydrogens is 156 g/mol. The highest BCUT2D eigenvalue weighted by Crippen LogP contribution is 1.99. The number of carbonyl (C=O) groups is 1. The lowest BCUT2D eigenvalue weighted by Gasteiger charge is -2.12. The Bertz CT molecular complexity index is 123. The fourth-order valence-electron chi connectivity index (χ4n) is 0.934. The Morgan fingerprint density at radius 2 is 2.09 bits per heavy atom. The summed E-state index contributed by atoms with van der Waals surface area (Å²) < 4.78 is 5.45. The number of rotatable bonds is 5. The van der Waals surface area contributed by atoms with E-state index in [1.54, 1.807) is 0 Å². The van der Waals surface area contributed by atoms with E-state index >= 15 is 0 Å². The Labute approximate surface area is 70.7 Å². The van der Waals surface area contributed by atoms with Gasteiger partial charge in [0.1, 0.15) is 5.41 Å². The molecule has 1 unspecified atom stereocenters. The lowest BCUT2D eigenvalue weighted by Crippen LogP contribution is -2.28. The Hall–Kier alpha value is -0.153. The first-order valence-electron chi connectivity index (χ1n) is 4.26. The minimum atomic E-state index is -1.51. The van der Waals surface area contributed by atoms with E-state index in [0.29, 0.717) is 11.8 Å². The molecule has 0 saturated heterocycles.